The van der Waals surface area contributed by atoms with Crippen molar-refractivity contribution in [1.29, 1.82) is 0 Å². The van der Waals surface area contributed by atoms with Crippen molar-refractivity contribution < 1.29 is 12.8 Å². The van der Waals surface area contributed by atoms with Gasteiger partial charge in [-0.25, -0.2) is 12.8 Å². The van der Waals surface area contributed by atoms with Gasteiger partial charge in [0.15, 0.2) is 0 Å². The summed E-state index contributed by atoms with van der Waals surface area (Å²) in [7, 11) is -3.86. The van der Waals surface area contributed by atoms with E-state index in [2.05, 4.69) is 4.72 Å². The summed E-state index contributed by atoms with van der Waals surface area (Å²) in [5.74, 6) is -0.450. The Morgan fingerprint density at radius 3 is 2.39 bits per heavy atom. The number of nitrogens with one attached hydrogen (secondary N) is 1. The van der Waals surface area contributed by atoms with Crippen LogP contribution in [0.15, 0.2) is 82.5 Å². The minimum Gasteiger partial charge on any atom is -0.294 e. The fourth-order valence-corrected chi connectivity index (χ4v) is 4.95. The number of sulfonamides is 1. The third-order valence-electron chi connectivity index (χ3n) is 4.23. The topological polar surface area (TPSA) is 68.2 Å². The van der Waals surface area contributed by atoms with E-state index >= 15 is 0 Å². The third kappa shape index (κ3) is 3.69. The molecule has 4 aromatic rings. The predicted octanol–water partition coefficient (Wildman–Crippen LogP) is 4.05. The number of aromatic nitrogens is 1. The van der Waals surface area contributed by atoms with Gasteiger partial charge in [0.25, 0.3) is 10.0 Å². The maximum absolute atomic E-state index is 13.0. The normalized spacial score (nSPS) is 11.6. The average molecular weight is 414 g/mol. The molecule has 142 valence electrons. The lowest BCUT2D eigenvalue weighted by molar-refractivity contribution is 0.601. The maximum Gasteiger partial charge on any atom is 0.308 e. The molecule has 0 bridgehead atoms. The van der Waals surface area contributed by atoms with E-state index in [9.17, 15) is 17.6 Å². The molecule has 0 aliphatic rings. The molecular formula is C20H15FN2O3S2. The van der Waals surface area contributed by atoms with Crippen LogP contribution in [0, 0.1) is 5.82 Å². The average Bonchev–Trinajstić information content (AvgIpc) is 2.99. The lowest BCUT2D eigenvalue weighted by Gasteiger charge is -2.09. The Hall–Kier alpha value is -2.97. The first kappa shape index (κ1) is 18.4. The van der Waals surface area contributed by atoms with E-state index in [1.165, 1.54) is 36.4 Å². The number of nitrogens with zero attached hydrogens (tertiary/aromatic N) is 1. The van der Waals surface area contributed by atoms with Crippen molar-refractivity contribution in [2.24, 2.45) is 0 Å². The van der Waals surface area contributed by atoms with E-state index in [1.807, 2.05) is 30.3 Å². The van der Waals surface area contributed by atoms with Gasteiger partial charge in [0.1, 0.15) is 5.82 Å². The predicted molar refractivity (Wildman–Crippen MR) is 109 cm³/mol. The lowest BCUT2D eigenvalue weighted by Crippen LogP contribution is -2.14. The highest BCUT2D eigenvalue weighted by atomic mass is 32.2. The second-order valence-corrected chi connectivity index (χ2v) is 8.86. The van der Waals surface area contributed by atoms with Crippen LogP contribution in [0.5, 0.6) is 0 Å². The first-order valence-electron chi connectivity index (χ1n) is 8.38. The van der Waals surface area contributed by atoms with E-state index in [1.54, 1.807) is 10.6 Å². The van der Waals surface area contributed by atoms with Gasteiger partial charge in [0, 0.05) is 5.69 Å². The van der Waals surface area contributed by atoms with Gasteiger partial charge >= 0.3 is 4.87 Å². The first-order chi connectivity index (χ1) is 13.4. The van der Waals surface area contributed by atoms with Crippen LogP contribution in [0.2, 0.25) is 0 Å². The SMILES string of the molecule is O=c1sc2cc(S(=O)(=O)Nc3ccc(F)cc3)ccc2n1Cc1ccccc1. The highest BCUT2D eigenvalue weighted by molar-refractivity contribution is 7.92. The fraction of sp³-hybridized carbons (Fsp3) is 0.0500. The molecule has 0 fully saturated rings. The largest absolute Gasteiger partial charge is 0.308 e. The van der Waals surface area contributed by atoms with Gasteiger partial charge in [-0.3, -0.25) is 14.1 Å². The highest BCUT2D eigenvalue weighted by Crippen LogP contribution is 2.24. The number of rotatable bonds is 5. The van der Waals surface area contributed by atoms with E-state index in [0.717, 1.165) is 16.9 Å². The number of benzene rings is 3. The van der Waals surface area contributed by atoms with E-state index in [-0.39, 0.29) is 15.5 Å². The minimum atomic E-state index is -3.86. The quantitative estimate of drug-likeness (QED) is 0.536. The molecule has 5 nitrogen and oxygen atoms in total. The molecule has 0 unspecified atom stereocenters. The standard InChI is InChI=1S/C20H15FN2O3S2/c21-15-6-8-16(9-7-15)22-28(25,26)17-10-11-18-19(12-17)27-20(24)23(18)13-14-4-2-1-3-5-14/h1-12,22H,13H2. The van der Waals surface area contributed by atoms with Crippen LogP contribution < -0.4 is 9.60 Å². The monoisotopic (exact) mass is 414 g/mol. The zero-order chi connectivity index (χ0) is 19.7. The Morgan fingerprint density at radius 1 is 0.964 bits per heavy atom. The van der Waals surface area contributed by atoms with Crippen LogP contribution in [0.1, 0.15) is 5.56 Å². The molecule has 1 aromatic heterocycles. The van der Waals surface area contributed by atoms with Crippen molar-refractivity contribution in [3.63, 3.8) is 0 Å². The van der Waals surface area contributed by atoms with Gasteiger partial charge in [0.2, 0.25) is 0 Å². The summed E-state index contributed by atoms with van der Waals surface area (Å²) in [4.78, 5) is 12.3. The second-order valence-electron chi connectivity index (χ2n) is 6.18. The molecule has 28 heavy (non-hydrogen) atoms. The highest BCUT2D eigenvalue weighted by Gasteiger charge is 2.17. The fourth-order valence-electron chi connectivity index (χ4n) is 2.86. The van der Waals surface area contributed by atoms with Crippen LogP contribution >= 0.6 is 11.3 Å². The number of thiazole rings is 1. The number of hydrogen-bond donors (Lipinski definition) is 1. The molecule has 0 saturated heterocycles. The van der Waals surface area contributed by atoms with Crippen LogP contribution in [0.4, 0.5) is 10.1 Å². The Morgan fingerprint density at radius 2 is 1.68 bits per heavy atom. The Bertz CT molecular complexity index is 1300. The Balaban J connectivity index is 1.68. The molecule has 3 aromatic carbocycles. The maximum atomic E-state index is 13.0. The molecule has 4 rings (SSSR count). The first-order valence-corrected chi connectivity index (χ1v) is 10.7. The van der Waals surface area contributed by atoms with Crippen molar-refractivity contribution in [1.82, 2.24) is 4.57 Å². The van der Waals surface area contributed by atoms with Crippen molar-refractivity contribution in [3.8, 4) is 0 Å². The third-order valence-corrected chi connectivity index (χ3v) is 6.55. The molecule has 0 aliphatic heterocycles. The molecule has 0 saturated carbocycles. The number of anilines is 1. The summed E-state index contributed by atoms with van der Waals surface area (Å²) >= 11 is 1.00. The van der Waals surface area contributed by atoms with E-state index in [0.29, 0.717) is 16.8 Å². The van der Waals surface area contributed by atoms with E-state index < -0.39 is 15.8 Å². The van der Waals surface area contributed by atoms with Crippen LogP contribution in [-0.4, -0.2) is 13.0 Å². The molecule has 0 spiro atoms. The molecule has 1 N–H and O–H groups in total. The summed E-state index contributed by atoms with van der Waals surface area (Å²) in [6, 6.07) is 19.2. The van der Waals surface area contributed by atoms with Crippen molar-refractivity contribution in [2.45, 2.75) is 11.4 Å². The van der Waals surface area contributed by atoms with Gasteiger partial charge in [-0.2, -0.15) is 0 Å². The van der Waals surface area contributed by atoms with Gasteiger partial charge < -0.3 is 0 Å². The molecular weight excluding hydrogens is 399 g/mol. The summed E-state index contributed by atoms with van der Waals surface area (Å²) in [5.41, 5.74) is 1.93. The van der Waals surface area contributed by atoms with Crippen LogP contribution in [-0.2, 0) is 16.6 Å². The summed E-state index contributed by atoms with van der Waals surface area (Å²) in [6.45, 7) is 0.416. The van der Waals surface area contributed by atoms with Crippen molar-refractivity contribution in [3.05, 3.63) is 93.8 Å². The zero-order valence-electron chi connectivity index (χ0n) is 14.5. The molecule has 0 amide bonds. The Kier molecular flexibility index (Phi) is 4.74. The zero-order valence-corrected chi connectivity index (χ0v) is 16.1. The second kappa shape index (κ2) is 7.21. The molecule has 8 heteroatoms. The minimum absolute atomic E-state index is 0.0393. The summed E-state index contributed by atoms with van der Waals surface area (Å²) < 4.78 is 42.9. The smallest absolute Gasteiger partial charge is 0.294 e. The van der Waals surface area contributed by atoms with Gasteiger partial charge in [-0.05, 0) is 48.0 Å². The molecule has 0 radical (unpaired) electrons. The van der Waals surface area contributed by atoms with Crippen molar-refractivity contribution >= 4 is 37.3 Å². The van der Waals surface area contributed by atoms with Crippen LogP contribution in [0.25, 0.3) is 10.2 Å². The summed E-state index contributed by atoms with van der Waals surface area (Å²) in [6.07, 6.45) is 0. The molecule has 0 atom stereocenters. The van der Waals surface area contributed by atoms with Crippen LogP contribution in [0.3, 0.4) is 0 Å². The van der Waals surface area contributed by atoms with Gasteiger partial charge in [-0.15, -0.1) is 0 Å². The Labute approximate surface area is 164 Å². The van der Waals surface area contributed by atoms with Gasteiger partial charge in [0.05, 0.1) is 21.7 Å². The summed E-state index contributed by atoms with van der Waals surface area (Å²) in [5, 5.41) is 0. The van der Waals surface area contributed by atoms with Crippen molar-refractivity contribution in [2.75, 3.05) is 4.72 Å². The number of halogens is 1. The van der Waals surface area contributed by atoms with Gasteiger partial charge in [-0.1, -0.05) is 41.7 Å². The number of hydrogen-bond acceptors (Lipinski definition) is 4. The van der Waals surface area contributed by atoms with E-state index in [4.69, 9.17) is 0 Å². The lowest BCUT2D eigenvalue weighted by atomic mass is 10.2. The number of fused-ring (bicyclic) bond motifs is 1. The molecule has 1 heterocycles. The molecule has 0 aliphatic carbocycles.